The molecule has 0 aromatic carbocycles. The third kappa shape index (κ3) is 18.8. The summed E-state index contributed by atoms with van der Waals surface area (Å²) in [5.41, 5.74) is 0. The molecule has 0 aromatic rings. The van der Waals surface area contributed by atoms with Crippen LogP contribution in [0.1, 0.15) is 0 Å². The van der Waals surface area contributed by atoms with E-state index in [0.29, 0.717) is 0 Å². The summed E-state index contributed by atoms with van der Waals surface area (Å²) < 4.78 is 0. The summed E-state index contributed by atoms with van der Waals surface area (Å²) >= 11 is 2.15. The van der Waals surface area contributed by atoms with Crippen LogP contribution < -0.4 is 0 Å². The van der Waals surface area contributed by atoms with Gasteiger partial charge in [-0.1, -0.05) is 22.6 Å². The predicted octanol–water partition coefficient (Wildman–Crippen LogP) is 1.36. The highest BCUT2D eigenvalue weighted by Gasteiger charge is 0.950. The van der Waals surface area contributed by atoms with E-state index >= 15 is 0 Å². The molecule has 0 unspecified atom stereocenters. The molecule has 4 heavy (non-hydrogen) atoms. The fraction of sp³-hybridized carbons (Fsp3) is 1.00. The monoisotopic (exact) mass is 182 g/mol. The van der Waals surface area contributed by atoms with Crippen LogP contribution in [0.5, 0.6) is 0 Å². The molecule has 0 fully saturated rings. The van der Waals surface area contributed by atoms with E-state index in [4.69, 9.17) is 0 Å². The quantitative estimate of drug-likeness (QED) is 0.391. The first-order valence-corrected chi connectivity index (χ1v) is 2.54. The second-order valence-electron chi connectivity index (χ2n) is 0. The Morgan fingerprint density at radius 2 is 1.00 bits per heavy atom. The molecule has 0 aliphatic carbocycles. The second-order valence-corrected chi connectivity index (χ2v) is 0. The Labute approximate surface area is 37.5 Å². The number of hydrogen-bond donors (Lipinski definition) is 0. The maximum Gasteiger partial charge on any atom is -0.0121 e. The van der Waals surface area contributed by atoms with Crippen LogP contribution in [0.25, 0.3) is 0 Å². The van der Waals surface area contributed by atoms with E-state index < -0.39 is 0 Å². The van der Waals surface area contributed by atoms with Gasteiger partial charge in [0.25, 0.3) is 0 Å². The van der Waals surface area contributed by atoms with E-state index in [1.54, 1.807) is 0 Å². The summed E-state index contributed by atoms with van der Waals surface area (Å²) in [4.78, 5) is 1.97. The summed E-state index contributed by atoms with van der Waals surface area (Å²) in [6.45, 7) is 0. The van der Waals surface area contributed by atoms with Crippen LogP contribution in [0.3, 0.4) is 0 Å². The fourth-order valence-electron chi connectivity index (χ4n) is 0. The minimum absolute atomic E-state index is 0. The van der Waals surface area contributed by atoms with Gasteiger partial charge in [-0.15, -0.1) is 0 Å². The minimum Gasteiger partial charge on any atom is -0.269 e. The van der Waals surface area contributed by atoms with Crippen LogP contribution in [0.4, 0.5) is 9.41 Å². The van der Waals surface area contributed by atoms with Crippen LogP contribution in [0.15, 0.2) is 0 Å². The Morgan fingerprint density at radius 1 is 1.00 bits per heavy atom. The average Bonchev–Trinajstić information content (AvgIpc) is 1.00. The Hall–Kier alpha value is 0.590. The highest BCUT2D eigenvalue weighted by Crippen LogP contribution is 1.48. The van der Waals surface area contributed by atoms with Gasteiger partial charge in [-0.25, -0.2) is 0 Å². The van der Waals surface area contributed by atoms with Crippen LogP contribution >= 0.6 is 22.6 Å². The first-order chi connectivity index (χ1) is 1.00. The molecule has 0 rings (SSSR count). The van der Waals surface area contributed by atoms with Crippen molar-refractivity contribution < 1.29 is 9.41 Å². The molecule has 0 heterocycles. The molecule has 0 nitrogen and oxygen atoms in total. The van der Waals surface area contributed by atoms with Crippen molar-refractivity contribution in [2.75, 3.05) is 4.93 Å². The molecule has 0 bridgehead atoms. The molecule has 0 atom stereocenters. The molecule has 0 saturated carbocycles. The molecule has 0 aromatic heterocycles. The fourth-order valence-corrected chi connectivity index (χ4v) is 0. The van der Waals surface area contributed by atoms with Gasteiger partial charge >= 0.3 is 0 Å². The highest BCUT2D eigenvalue weighted by atomic mass is 127. The Kier molecular flexibility index (Phi) is 405. The van der Waals surface area contributed by atoms with Crippen LogP contribution in [0, 0.1) is 0 Å². The van der Waals surface area contributed by atoms with Gasteiger partial charge < -0.3 is 0 Å². The third-order valence-corrected chi connectivity index (χ3v) is 0. The van der Waals surface area contributed by atoms with Crippen LogP contribution in [-0.2, 0) is 0 Å². The maximum atomic E-state index is 2.15. The lowest BCUT2D eigenvalue weighted by Gasteiger charge is -1.05. The molecule has 0 N–H and O–H groups in total. The van der Waals surface area contributed by atoms with Crippen molar-refractivity contribution in [1.82, 2.24) is 0 Å². The van der Waals surface area contributed by atoms with Crippen LogP contribution in [-0.4, -0.2) is 4.93 Å². The zero-order valence-corrected chi connectivity index (χ0v) is 4.35. The van der Waals surface area contributed by atoms with Gasteiger partial charge in [0.15, 0.2) is 0 Å². The van der Waals surface area contributed by atoms with E-state index in [1.807, 2.05) is 4.93 Å². The second kappa shape index (κ2) is 69.2. The van der Waals surface area contributed by atoms with Gasteiger partial charge in [-0.05, 0) is 4.93 Å². The molecule has 0 saturated heterocycles. The Balaban J connectivity index is -0.00000000500. The van der Waals surface area contributed by atoms with Gasteiger partial charge in [0, 0.05) is 0 Å². The van der Waals surface area contributed by atoms with E-state index in [2.05, 4.69) is 22.6 Å². The van der Waals surface area contributed by atoms with Gasteiger partial charge in [-0.3, -0.25) is 9.41 Å². The molecule has 0 amide bonds. The SMILES string of the molecule is CI.F.F. The molecule has 30 valence electrons. The zero-order valence-electron chi connectivity index (χ0n) is 2.19. The van der Waals surface area contributed by atoms with E-state index in [1.165, 1.54) is 0 Å². The number of hydrogen-bond acceptors (Lipinski definition) is 0. The van der Waals surface area contributed by atoms with E-state index in [9.17, 15) is 0 Å². The van der Waals surface area contributed by atoms with Crippen molar-refractivity contribution in [2.45, 2.75) is 0 Å². The van der Waals surface area contributed by atoms with Crippen molar-refractivity contribution in [3.8, 4) is 0 Å². The highest BCUT2D eigenvalue weighted by molar-refractivity contribution is 14.1. The van der Waals surface area contributed by atoms with Gasteiger partial charge in [0.1, 0.15) is 0 Å². The molecule has 3 heteroatoms. The first kappa shape index (κ1) is 23.4. The molecular formula is CH5F2I. The average molecular weight is 182 g/mol. The van der Waals surface area contributed by atoms with E-state index in [-0.39, 0.29) is 9.41 Å². The summed E-state index contributed by atoms with van der Waals surface area (Å²) in [6, 6.07) is 0. The Morgan fingerprint density at radius 3 is 1.00 bits per heavy atom. The number of rotatable bonds is 0. The van der Waals surface area contributed by atoms with Crippen molar-refractivity contribution in [3.05, 3.63) is 0 Å². The zero-order chi connectivity index (χ0) is 2.00. The third-order valence-electron chi connectivity index (χ3n) is 0. The summed E-state index contributed by atoms with van der Waals surface area (Å²) in [5, 5.41) is 0. The molecule has 0 spiro atoms. The number of halogens is 3. The maximum absolute atomic E-state index is 2.15. The van der Waals surface area contributed by atoms with Crippen molar-refractivity contribution in [1.29, 1.82) is 0 Å². The molecule has 0 aliphatic heterocycles. The number of alkyl halides is 1. The van der Waals surface area contributed by atoms with Crippen LogP contribution in [0.2, 0.25) is 0 Å². The minimum atomic E-state index is 0. The largest absolute Gasteiger partial charge is 0.269 e. The molecule has 0 aliphatic rings. The predicted molar refractivity (Wildman–Crippen MR) is 24.9 cm³/mol. The first-order valence-electron chi connectivity index (χ1n) is 0.378. The smallest absolute Gasteiger partial charge is 0.0121 e. The normalized spacial score (nSPS) is 1.50. The van der Waals surface area contributed by atoms with Crippen molar-refractivity contribution in [2.24, 2.45) is 0 Å². The lowest BCUT2D eigenvalue weighted by Crippen LogP contribution is -0.798. The topological polar surface area (TPSA) is 0 Å². The van der Waals surface area contributed by atoms with Crippen molar-refractivity contribution in [3.63, 3.8) is 0 Å². The molecule has 0 radical (unpaired) electrons. The van der Waals surface area contributed by atoms with E-state index in [0.717, 1.165) is 0 Å². The summed E-state index contributed by atoms with van der Waals surface area (Å²) in [6.07, 6.45) is 0. The Bertz CT molecular complexity index is 6.00. The molecular weight excluding hydrogens is 177 g/mol. The lowest BCUT2D eigenvalue weighted by atomic mass is 12.0. The lowest BCUT2D eigenvalue weighted by molar-refractivity contribution is 1.11. The summed E-state index contributed by atoms with van der Waals surface area (Å²) in [7, 11) is 0. The van der Waals surface area contributed by atoms with Gasteiger partial charge in [0.05, 0.1) is 0 Å². The van der Waals surface area contributed by atoms with Gasteiger partial charge in [-0.2, -0.15) is 0 Å². The summed E-state index contributed by atoms with van der Waals surface area (Å²) in [5.74, 6) is 0. The van der Waals surface area contributed by atoms with Crippen molar-refractivity contribution >= 4 is 22.6 Å². The van der Waals surface area contributed by atoms with Gasteiger partial charge in [0.2, 0.25) is 0 Å². The standard InChI is InChI=1S/CH3I.2FH/c1-2;;/h1H3;2*1H.